The van der Waals surface area contributed by atoms with E-state index in [1.54, 1.807) is 0 Å². The number of nitrogens with two attached hydrogens (primary N) is 2. The van der Waals surface area contributed by atoms with Crippen LogP contribution in [0.15, 0.2) is 97.1 Å². The summed E-state index contributed by atoms with van der Waals surface area (Å²) in [5, 5.41) is 0. The zero-order valence-electron chi connectivity index (χ0n) is 29.0. The molecule has 0 aliphatic heterocycles. The first kappa shape index (κ1) is 47.1. The van der Waals surface area contributed by atoms with Crippen molar-refractivity contribution in [1.29, 1.82) is 0 Å². The second-order valence-electron chi connectivity index (χ2n) is 13.8. The van der Waals surface area contributed by atoms with Gasteiger partial charge >= 0.3 is 0 Å². The minimum absolute atomic E-state index is 0.280. The first-order valence-electron chi connectivity index (χ1n) is 17.2. The molecule has 4 N–H and O–H groups in total. The molecule has 0 aromatic heterocycles. The number of rotatable bonds is 15. The molecule has 4 aromatic rings. The topological polar surface area (TPSA) is 52.0 Å². The molecular weight excluding hydrogens is 931 g/mol. The second-order valence-corrected chi connectivity index (χ2v) is 23.9. The van der Waals surface area contributed by atoms with Crippen LogP contribution in [0.4, 0.5) is 0 Å². The second kappa shape index (κ2) is 19.6. The van der Waals surface area contributed by atoms with Gasteiger partial charge in [-0.25, -0.2) is 0 Å². The smallest absolute Gasteiger partial charge is 0.194 e. The van der Waals surface area contributed by atoms with Crippen molar-refractivity contribution < 1.29 is 0 Å². The number of alkyl halides is 12. The fourth-order valence-electron chi connectivity index (χ4n) is 6.68. The van der Waals surface area contributed by atoms with Gasteiger partial charge in [-0.3, -0.25) is 0 Å². The highest BCUT2D eigenvalue weighted by molar-refractivity contribution is 6.69. The van der Waals surface area contributed by atoms with E-state index in [1.807, 2.05) is 97.1 Å². The van der Waals surface area contributed by atoms with Gasteiger partial charge in [0.2, 0.25) is 0 Å². The summed E-state index contributed by atoms with van der Waals surface area (Å²) in [6, 6.07) is 31.6. The average molecular weight is 970 g/mol. The SMILES string of the molecule is NC(BCCCCBC(N)(c1ccc(CC(Cl)(Cl)Cl)cc1)c1ccc(CC(Cl)(Cl)Cl)cc1)(c1ccc(CC(Cl)(Cl)Cl)cc1)c1ccc(CC(Cl)(Cl)Cl)cc1. The first-order chi connectivity index (χ1) is 24.9. The maximum Gasteiger partial charge on any atom is 0.194 e. The lowest BCUT2D eigenvalue weighted by Gasteiger charge is -2.32. The Morgan fingerprint density at radius 1 is 0.333 bits per heavy atom. The third kappa shape index (κ3) is 15.2. The molecule has 0 amide bonds. The summed E-state index contributed by atoms with van der Waals surface area (Å²) in [5.41, 5.74) is 20.4. The summed E-state index contributed by atoms with van der Waals surface area (Å²) in [7, 11) is 1.37. The van der Waals surface area contributed by atoms with Crippen molar-refractivity contribution >= 4 is 154 Å². The van der Waals surface area contributed by atoms with Crippen molar-refractivity contribution in [3.8, 4) is 0 Å². The molecular formula is C38H38B2Cl12N2. The third-order valence-corrected chi connectivity index (χ3v) is 11.0. The number of halogens is 12. The minimum Gasteiger partial charge on any atom is -0.325 e. The number of hydrogen-bond donors (Lipinski definition) is 2. The molecule has 54 heavy (non-hydrogen) atoms. The Kier molecular flexibility index (Phi) is 17.1. The number of hydrogen-bond acceptors (Lipinski definition) is 2. The van der Waals surface area contributed by atoms with Crippen molar-refractivity contribution in [3.63, 3.8) is 0 Å². The molecule has 0 atom stereocenters. The lowest BCUT2D eigenvalue weighted by Crippen LogP contribution is -2.44. The van der Waals surface area contributed by atoms with Crippen LogP contribution in [0.3, 0.4) is 0 Å². The van der Waals surface area contributed by atoms with Gasteiger partial charge in [-0.05, 0) is 44.5 Å². The van der Waals surface area contributed by atoms with Gasteiger partial charge in [0.15, 0.2) is 29.7 Å². The maximum absolute atomic E-state index is 7.31. The van der Waals surface area contributed by atoms with E-state index in [9.17, 15) is 0 Å². The van der Waals surface area contributed by atoms with E-state index in [1.165, 1.54) is 0 Å². The Bertz CT molecular complexity index is 1510. The van der Waals surface area contributed by atoms with E-state index < -0.39 is 26.0 Å². The van der Waals surface area contributed by atoms with E-state index in [4.69, 9.17) is 151 Å². The highest BCUT2D eigenvalue weighted by atomic mass is 35.6. The minimum atomic E-state index is -1.40. The van der Waals surface area contributed by atoms with Crippen LogP contribution in [0, 0.1) is 0 Å². The lowest BCUT2D eigenvalue weighted by molar-refractivity contribution is 0.730. The normalized spacial score (nSPS) is 13.2. The maximum atomic E-state index is 7.31. The molecule has 0 fully saturated rings. The molecule has 4 aromatic carbocycles. The summed E-state index contributed by atoms with van der Waals surface area (Å²) < 4.78 is -5.59. The quantitative estimate of drug-likeness (QED) is 0.0708. The first-order valence-corrected chi connectivity index (χ1v) is 21.7. The van der Waals surface area contributed by atoms with Crippen LogP contribution in [0.25, 0.3) is 0 Å². The van der Waals surface area contributed by atoms with Gasteiger partial charge in [0.05, 0.1) is 0 Å². The molecule has 2 nitrogen and oxygen atoms in total. The molecule has 0 saturated carbocycles. The number of unbranched alkanes of at least 4 members (excludes halogenated alkanes) is 1. The number of benzene rings is 4. The van der Waals surface area contributed by atoms with E-state index in [-0.39, 0.29) is 25.7 Å². The van der Waals surface area contributed by atoms with E-state index >= 15 is 0 Å². The summed E-state index contributed by atoms with van der Waals surface area (Å²) in [5.74, 6) is 0. The Morgan fingerprint density at radius 2 is 0.519 bits per heavy atom. The molecule has 0 aliphatic rings. The molecule has 0 bridgehead atoms. The van der Waals surface area contributed by atoms with Crippen molar-refractivity contribution in [2.45, 2.75) is 77.2 Å². The van der Waals surface area contributed by atoms with Crippen molar-refractivity contribution in [3.05, 3.63) is 142 Å². The van der Waals surface area contributed by atoms with E-state index in [0.717, 1.165) is 70.0 Å². The predicted molar refractivity (Wildman–Crippen MR) is 245 cm³/mol. The Labute approximate surface area is 380 Å². The van der Waals surface area contributed by atoms with E-state index in [0.29, 0.717) is 14.6 Å². The monoisotopic (exact) mass is 964 g/mol. The molecule has 0 unspecified atom stereocenters. The van der Waals surface area contributed by atoms with Crippen LogP contribution >= 0.6 is 139 Å². The van der Waals surface area contributed by atoms with Gasteiger partial charge in [0.1, 0.15) is 0 Å². The van der Waals surface area contributed by atoms with Gasteiger partial charge in [-0.15, -0.1) is 0 Å². The Morgan fingerprint density at radius 3 is 0.685 bits per heavy atom. The van der Waals surface area contributed by atoms with Crippen molar-refractivity contribution in [1.82, 2.24) is 0 Å². The van der Waals surface area contributed by atoms with Crippen LogP contribution < -0.4 is 11.5 Å². The van der Waals surface area contributed by atoms with Crippen LogP contribution in [-0.4, -0.2) is 29.7 Å². The molecule has 290 valence electrons. The van der Waals surface area contributed by atoms with Gasteiger partial charge in [-0.2, -0.15) is 0 Å². The zero-order chi connectivity index (χ0) is 40.0. The highest BCUT2D eigenvalue weighted by Gasteiger charge is 2.33. The average Bonchev–Trinajstić information content (AvgIpc) is 3.04. The largest absolute Gasteiger partial charge is 0.325 e. The lowest BCUT2D eigenvalue weighted by atomic mass is 9.49. The van der Waals surface area contributed by atoms with Crippen molar-refractivity contribution in [2.75, 3.05) is 0 Å². The Balaban J connectivity index is 1.50. The van der Waals surface area contributed by atoms with Gasteiger partial charge < -0.3 is 11.5 Å². The molecule has 4 rings (SSSR count). The molecule has 0 aliphatic carbocycles. The summed E-state index contributed by atoms with van der Waals surface area (Å²) >= 11 is 72.7. The van der Waals surface area contributed by atoms with Crippen LogP contribution in [0.2, 0.25) is 12.6 Å². The van der Waals surface area contributed by atoms with Gasteiger partial charge in [-0.1, -0.05) is 262 Å². The molecule has 0 heterocycles. The molecule has 0 saturated heterocycles. The van der Waals surface area contributed by atoms with Crippen LogP contribution in [0.1, 0.15) is 57.3 Å². The molecule has 16 heteroatoms. The third-order valence-electron chi connectivity index (χ3n) is 9.39. The zero-order valence-corrected chi connectivity index (χ0v) is 38.1. The summed E-state index contributed by atoms with van der Waals surface area (Å²) in [6.07, 6.45) is 4.69. The summed E-state index contributed by atoms with van der Waals surface area (Å²) in [6.45, 7) is 0. The summed E-state index contributed by atoms with van der Waals surface area (Å²) in [4.78, 5) is 0. The fourth-order valence-corrected chi connectivity index (χ4v) is 8.53. The van der Waals surface area contributed by atoms with Crippen LogP contribution in [-0.2, 0) is 36.6 Å². The Hall–Kier alpha value is 0.410. The van der Waals surface area contributed by atoms with Crippen molar-refractivity contribution in [2.24, 2.45) is 11.5 Å². The van der Waals surface area contributed by atoms with Gasteiger partial charge in [0, 0.05) is 36.6 Å². The standard InChI is InChI=1S/C38H38B2Cl12N2/c41-33(42,43)21-25-3-11-29(12-4-25)37(53,30-13-5-26(6-14-30)22-34(44,45)46)39-19-1-2-20-40-38(54,31-15-7-27(8-16-31)23-35(47,48)49)32-17-9-28(10-18-32)24-36(50,51)52/h3-18,39-40H,1-2,19-24,53-54H2. The highest BCUT2D eigenvalue weighted by Crippen LogP contribution is 2.36. The molecule has 0 radical (unpaired) electrons. The van der Waals surface area contributed by atoms with Gasteiger partial charge in [0.25, 0.3) is 0 Å². The fraction of sp³-hybridized carbons (Fsp3) is 0.368. The molecule has 0 spiro atoms. The predicted octanol–water partition coefficient (Wildman–Crippen LogP) is 12.8. The van der Waals surface area contributed by atoms with Crippen LogP contribution in [0.5, 0.6) is 0 Å². The van der Waals surface area contributed by atoms with E-state index in [2.05, 4.69) is 0 Å².